The summed E-state index contributed by atoms with van der Waals surface area (Å²) in [6.45, 7) is 0. The zero-order valence-electron chi connectivity index (χ0n) is 10.6. The van der Waals surface area contributed by atoms with Crippen LogP contribution in [0.1, 0.15) is 0 Å². The zero-order chi connectivity index (χ0) is 16.0. The summed E-state index contributed by atoms with van der Waals surface area (Å²) in [5, 5.41) is 8.13. The first-order valence-electron chi connectivity index (χ1n) is 5.46. The van der Waals surface area contributed by atoms with Gasteiger partial charge in [0.05, 0.1) is 7.11 Å². The molecule has 0 bridgehead atoms. The third kappa shape index (κ3) is 7.05. The number of halogens is 4. The standard InChI is InChI=1S/C11H11Cl3IN3O2S/c1-20-10(19)18-8(11(12,13)14)17-9(21)16-7-4-2-6(15)3-5-7/h2-5,8H,1H3,(H,18,19)(H2,16,17,21)/t8-/m0/s1. The van der Waals surface area contributed by atoms with Crippen molar-refractivity contribution in [2.24, 2.45) is 0 Å². The Bertz CT molecular complexity index is 510. The number of thiocarbonyl (C=S) groups is 1. The van der Waals surface area contributed by atoms with E-state index >= 15 is 0 Å². The molecule has 0 heterocycles. The Morgan fingerprint density at radius 2 is 1.86 bits per heavy atom. The lowest BCUT2D eigenvalue weighted by molar-refractivity contribution is 0.166. The van der Waals surface area contributed by atoms with E-state index in [0.29, 0.717) is 0 Å². The molecule has 1 aromatic carbocycles. The molecule has 116 valence electrons. The van der Waals surface area contributed by atoms with Crippen LogP contribution in [0.5, 0.6) is 0 Å². The second-order valence-electron chi connectivity index (χ2n) is 3.72. The number of hydrogen-bond donors (Lipinski definition) is 3. The molecule has 0 aliphatic carbocycles. The molecule has 10 heteroatoms. The van der Waals surface area contributed by atoms with Crippen molar-refractivity contribution in [3.63, 3.8) is 0 Å². The van der Waals surface area contributed by atoms with Crippen LogP contribution < -0.4 is 16.0 Å². The van der Waals surface area contributed by atoms with Crippen molar-refractivity contribution in [2.75, 3.05) is 12.4 Å². The molecule has 0 aromatic heterocycles. The number of ether oxygens (including phenoxy) is 1. The van der Waals surface area contributed by atoms with Crippen LogP contribution in [-0.2, 0) is 4.74 Å². The van der Waals surface area contributed by atoms with Crippen molar-refractivity contribution in [2.45, 2.75) is 9.96 Å². The number of alkyl halides is 3. The predicted octanol–water partition coefficient (Wildman–Crippen LogP) is 3.63. The second-order valence-corrected chi connectivity index (χ2v) is 7.74. The van der Waals surface area contributed by atoms with Crippen molar-refractivity contribution in [1.82, 2.24) is 10.6 Å². The van der Waals surface area contributed by atoms with Crippen LogP contribution in [-0.4, -0.2) is 28.3 Å². The number of alkyl carbamates (subject to hydrolysis) is 1. The monoisotopic (exact) mass is 481 g/mol. The first kappa shape index (κ1) is 18.8. The summed E-state index contributed by atoms with van der Waals surface area (Å²) in [6, 6.07) is 7.50. The van der Waals surface area contributed by atoms with E-state index in [4.69, 9.17) is 47.0 Å². The van der Waals surface area contributed by atoms with Gasteiger partial charge in [-0.3, -0.25) is 5.32 Å². The van der Waals surface area contributed by atoms with Crippen molar-refractivity contribution >= 4 is 86.5 Å². The largest absolute Gasteiger partial charge is 0.453 e. The number of benzene rings is 1. The van der Waals surface area contributed by atoms with Crippen LogP contribution in [0.15, 0.2) is 24.3 Å². The van der Waals surface area contributed by atoms with E-state index in [1.165, 1.54) is 7.11 Å². The number of carbonyl (C=O) groups is 1. The Morgan fingerprint density at radius 3 is 2.33 bits per heavy atom. The maximum atomic E-state index is 11.2. The molecule has 5 nitrogen and oxygen atoms in total. The van der Waals surface area contributed by atoms with Crippen LogP contribution in [0.4, 0.5) is 10.5 Å². The number of nitrogens with one attached hydrogen (secondary N) is 3. The van der Waals surface area contributed by atoms with E-state index in [0.717, 1.165) is 9.26 Å². The summed E-state index contributed by atoms with van der Waals surface area (Å²) in [5.41, 5.74) is 0.758. The summed E-state index contributed by atoms with van der Waals surface area (Å²) in [5.74, 6) is 0. The van der Waals surface area contributed by atoms with Gasteiger partial charge in [0.1, 0.15) is 0 Å². The molecule has 0 saturated heterocycles. The minimum Gasteiger partial charge on any atom is -0.453 e. The number of hydrogen-bond acceptors (Lipinski definition) is 3. The Kier molecular flexibility index (Phi) is 7.55. The molecule has 0 fully saturated rings. The lowest BCUT2D eigenvalue weighted by Gasteiger charge is -2.27. The van der Waals surface area contributed by atoms with Gasteiger partial charge in [-0.1, -0.05) is 34.8 Å². The van der Waals surface area contributed by atoms with Gasteiger partial charge in [0.25, 0.3) is 0 Å². The van der Waals surface area contributed by atoms with Crippen molar-refractivity contribution in [3.8, 4) is 0 Å². The lowest BCUT2D eigenvalue weighted by atomic mass is 10.3. The van der Waals surface area contributed by atoms with Gasteiger partial charge in [0.2, 0.25) is 3.79 Å². The first-order chi connectivity index (χ1) is 9.72. The second kappa shape index (κ2) is 8.42. The lowest BCUT2D eigenvalue weighted by Crippen LogP contribution is -2.56. The molecule has 0 spiro atoms. The summed E-state index contributed by atoms with van der Waals surface area (Å²) >= 11 is 24.6. The molecule has 1 aromatic rings. The topological polar surface area (TPSA) is 62.4 Å². The van der Waals surface area contributed by atoms with Crippen molar-refractivity contribution < 1.29 is 9.53 Å². The highest BCUT2D eigenvalue weighted by atomic mass is 127. The minimum atomic E-state index is -1.81. The maximum absolute atomic E-state index is 11.2. The third-order valence-electron chi connectivity index (χ3n) is 2.15. The number of rotatable bonds is 3. The minimum absolute atomic E-state index is 0.184. The van der Waals surface area contributed by atoms with Crippen LogP contribution >= 0.6 is 69.6 Å². The van der Waals surface area contributed by atoms with Crippen molar-refractivity contribution in [1.29, 1.82) is 0 Å². The number of methoxy groups -OCH3 is 1. The van der Waals surface area contributed by atoms with E-state index in [-0.39, 0.29) is 5.11 Å². The van der Waals surface area contributed by atoms with E-state index in [1.807, 2.05) is 24.3 Å². The zero-order valence-corrected chi connectivity index (χ0v) is 15.9. The molecular formula is C11H11Cl3IN3O2S. The molecule has 1 rings (SSSR count). The van der Waals surface area contributed by atoms with Gasteiger partial charge in [0, 0.05) is 9.26 Å². The number of amides is 1. The molecule has 0 aliphatic rings. The Balaban J connectivity index is 2.67. The normalized spacial score (nSPS) is 12.2. The fourth-order valence-electron chi connectivity index (χ4n) is 1.21. The van der Waals surface area contributed by atoms with Gasteiger partial charge in [-0.15, -0.1) is 0 Å². The Morgan fingerprint density at radius 1 is 1.29 bits per heavy atom. The van der Waals surface area contributed by atoms with Crippen molar-refractivity contribution in [3.05, 3.63) is 27.8 Å². The van der Waals surface area contributed by atoms with Gasteiger partial charge in [-0.05, 0) is 59.1 Å². The van der Waals surface area contributed by atoms with Gasteiger partial charge < -0.3 is 15.4 Å². The summed E-state index contributed by atoms with van der Waals surface area (Å²) in [7, 11) is 1.20. The fourth-order valence-corrected chi connectivity index (χ4v) is 2.13. The highest BCUT2D eigenvalue weighted by Crippen LogP contribution is 2.29. The van der Waals surface area contributed by atoms with Gasteiger partial charge in [0.15, 0.2) is 11.3 Å². The highest BCUT2D eigenvalue weighted by Gasteiger charge is 2.34. The molecule has 0 radical (unpaired) electrons. The first-order valence-corrected chi connectivity index (χ1v) is 8.08. The van der Waals surface area contributed by atoms with E-state index < -0.39 is 16.1 Å². The molecule has 0 unspecified atom stereocenters. The number of anilines is 1. The summed E-state index contributed by atoms with van der Waals surface area (Å²) < 4.78 is 3.73. The molecular weight excluding hydrogens is 471 g/mol. The van der Waals surface area contributed by atoms with Gasteiger partial charge in [-0.25, -0.2) is 4.79 Å². The quantitative estimate of drug-likeness (QED) is 0.266. The number of carbonyl (C=O) groups excluding carboxylic acids is 1. The summed E-state index contributed by atoms with van der Waals surface area (Å²) in [6.07, 6.45) is -1.81. The molecule has 21 heavy (non-hydrogen) atoms. The average Bonchev–Trinajstić information content (AvgIpc) is 2.39. The van der Waals surface area contributed by atoms with Crippen LogP contribution in [0.3, 0.4) is 0 Å². The molecule has 0 aliphatic heterocycles. The van der Waals surface area contributed by atoms with Crippen LogP contribution in [0.2, 0.25) is 0 Å². The molecule has 1 atom stereocenters. The maximum Gasteiger partial charge on any atom is 0.408 e. The average molecular weight is 483 g/mol. The summed E-state index contributed by atoms with van der Waals surface area (Å²) in [4.78, 5) is 11.2. The molecule has 3 N–H and O–H groups in total. The fraction of sp³-hybridized carbons (Fsp3) is 0.273. The SMILES string of the molecule is COC(=O)N[C@H](NC(=S)Nc1ccc(I)cc1)C(Cl)(Cl)Cl. The highest BCUT2D eigenvalue weighted by molar-refractivity contribution is 14.1. The van der Waals surface area contributed by atoms with Gasteiger partial charge >= 0.3 is 6.09 Å². The van der Waals surface area contributed by atoms with Crippen LogP contribution in [0.25, 0.3) is 0 Å². The van der Waals surface area contributed by atoms with E-state index in [2.05, 4.69) is 43.3 Å². The smallest absolute Gasteiger partial charge is 0.408 e. The predicted molar refractivity (Wildman–Crippen MR) is 98.1 cm³/mol. The van der Waals surface area contributed by atoms with E-state index in [9.17, 15) is 4.79 Å². The molecule has 1 amide bonds. The van der Waals surface area contributed by atoms with Gasteiger partial charge in [-0.2, -0.15) is 0 Å². The Hall–Kier alpha value is -0.220. The third-order valence-corrected chi connectivity index (χ3v) is 3.75. The van der Waals surface area contributed by atoms with E-state index in [1.54, 1.807) is 0 Å². The van der Waals surface area contributed by atoms with Crippen LogP contribution in [0, 0.1) is 3.57 Å². The Labute approximate surface area is 156 Å². The molecule has 0 saturated carbocycles.